The summed E-state index contributed by atoms with van der Waals surface area (Å²) in [6.07, 6.45) is 9.37. The second-order valence-corrected chi connectivity index (χ2v) is 10.3. The summed E-state index contributed by atoms with van der Waals surface area (Å²) in [5, 5.41) is 0. The van der Waals surface area contributed by atoms with E-state index in [-0.39, 0.29) is 5.92 Å². The first kappa shape index (κ1) is 28.2. The van der Waals surface area contributed by atoms with Gasteiger partial charge in [-0.3, -0.25) is 4.79 Å². The van der Waals surface area contributed by atoms with Gasteiger partial charge in [0.25, 0.3) is 0 Å². The normalized spacial score (nSPS) is 23.2. The molecule has 36 heavy (non-hydrogen) atoms. The van der Waals surface area contributed by atoms with Gasteiger partial charge in [-0.2, -0.15) is 0 Å². The van der Waals surface area contributed by atoms with E-state index in [1.807, 2.05) is 27.7 Å². The summed E-state index contributed by atoms with van der Waals surface area (Å²) in [7, 11) is 0. The monoisotopic (exact) mass is 487 g/mol. The number of carbonyl (C=O) groups excluding carboxylic acids is 1. The predicted octanol–water partition coefficient (Wildman–Crippen LogP) is 9.23. The van der Waals surface area contributed by atoms with E-state index in [2.05, 4.69) is 67.3 Å². The molecule has 2 aromatic carbocycles. The zero-order valence-corrected chi connectivity index (χ0v) is 23.8. The molecule has 0 bridgehead atoms. The van der Waals surface area contributed by atoms with Crippen LogP contribution in [0.1, 0.15) is 103 Å². The Balaban J connectivity index is 0.000000861. The number of allylic oxidation sites excluding steroid dienone is 2. The third-order valence-electron chi connectivity index (χ3n) is 8.46. The van der Waals surface area contributed by atoms with Crippen LogP contribution in [0, 0.1) is 17.8 Å². The Labute approximate surface area is 221 Å². The summed E-state index contributed by atoms with van der Waals surface area (Å²) in [6, 6.07) is 17.8. The first-order valence-electron chi connectivity index (χ1n) is 14.8. The minimum Gasteiger partial charge on any atom is -0.371 e. The minimum absolute atomic E-state index is 0.221. The molecule has 3 atom stereocenters. The molecule has 2 fully saturated rings. The maximum absolute atomic E-state index is 13.3. The lowest BCUT2D eigenvalue weighted by Crippen LogP contribution is -2.27. The van der Waals surface area contributed by atoms with Crippen LogP contribution in [-0.4, -0.2) is 18.9 Å². The zero-order chi connectivity index (χ0) is 26.1. The first-order chi connectivity index (χ1) is 17.6. The Morgan fingerprint density at radius 1 is 0.889 bits per heavy atom. The number of anilines is 1. The summed E-state index contributed by atoms with van der Waals surface area (Å²) in [6.45, 7) is 14.5. The Hall–Kier alpha value is -2.35. The summed E-state index contributed by atoms with van der Waals surface area (Å²) < 4.78 is 0. The van der Waals surface area contributed by atoms with Gasteiger partial charge in [0.2, 0.25) is 0 Å². The van der Waals surface area contributed by atoms with E-state index in [0.29, 0.717) is 11.7 Å². The SMILES string of the molecule is CC.CC.CCC1CCCC(C(=O)C2CCN(c3cccc(C4=C(C)c5ccccc5C4)c3)C2)CC1. The highest BCUT2D eigenvalue weighted by molar-refractivity contribution is 5.96. The third-order valence-corrected chi connectivity index (χ3v) is 8.46. The van der Waals surface area contributed by atoms with Crippen LogP contribution in [0.3, 0.4) is 0 Å². The molecule has 2 heteroatoms. The number of hydrogen-bond acceptors (Lipinski definition) is 2. The van der Waals surface area contributed by atoms with Crippen molar-refractivity contribution >= 4 is 22.6 Å². The smallest absolute Gasteiger partial charge is 0.140 e. The van der Waals surface area contributed by atoms with Crippen LogP contribution >= 0.6 is 0 Å². The third kappa shape index (κ3) is 6.31. The largest absolute Gasteiger partial charge is 0.371 e. The number of benzene rings is 2. The lowest BCUT2D eigenvalue weighted by atomic mass is 9.86. The van der Waals surface area contributed by atoms with Gasteiger partial charge in [-0.15, -0.1) is 0 Å². The second kappa shape index (κ2) is 13.8. The van der Waals surface area contributed by atoms with Crippen molar-refractivity contribution in [3.05, 3.63) is 65.2 Å². The second-order valence-electron chi connectivity index (χ2n) is 10.3. The number of hydrogen-bond donors (Lipinski definition) is 0. The van der Waals surface area contributed by atoms with Gasteiger partial charge in [0.05, 0.1) is 0 Å². The molecule has 5 rings (SSSR count). The molecule has 0 aromatic heterocycles. The zero-order valence-electron chi connectivity index (χ0n) is 23.8. The fraction of sp³-hybridized carbons (Fsp3) is 0.559. The highest BCUT2D eigenvalue weighted by Gasteiger charge is 2.34. The van der Waals surface area contributed by atoms with Crippen molar-refractivity contribution in [2.75, 3.05) is 18.0 Å². The van der Waals surface area contributed by atoms with E-state index < -0.39 is 0 Å². The maximum Gasteiger partial charge on any atom is 0.140 e. The van der Waals surface area contributed by atoms with Crippen molar-refractivity contribution in [3.8, 4) is 0 Å². The minimum atomic E-state index is 0.221. The van der Waals surface area contributed by atoms with Crippen molar-refractivity contribution in [2.45, 2.75) is 92.9 Å². The fourth-order valence-electron chi connectivity index (χ4n) is 6.37. The van der Waals surface area contributed by atoms with E-state index in [9.17, 15) is 4.79 Å². The number of rotatable bonds is 5. The van der Waals surface area contributed by atoms with Crippen LogP contribution in [0.4, 0.5) is 5.69 Å². The molecule has 2 aromatic rings. The summed E-state index contributed by atoms with van der Waals surface area (Å²) >= 11 is 0. The number of nitrogens with zero attached hydrogens (tertiary/aromatic N) is 1. The lowest BCUT2D eigenvalue weighted by molar-refractivity contribution is -0.126. The molecule has 0 spiro atoms. The molecule has 2 nitrogen and oxygen atoms in total. The van der Waals surface area contributed by atoms with Crippen molar-refractivity contribution in [3.63, 3.8) is 0 Å². The quantitative estimate of drug-likeness (QED) is 0.392. The lowest BCUT2D eigenvalue weighted by Gasteiger charge is -2.21. The van der Waals surface area contributed by atoms with Crippen LogP contribution < -0.4 is 4.90 Å². The van der Waals surface area contributed by atoms with Gasteiger partial charge in [0.15, 0.2) is 0 Å². The standard InChI is InChI=1S/C30H37NO.2C2H6/c1-3-22-8-6-10-23(15-14-22)30(32)26-16-17-31(20-26)27-12-7-11-24(18-27)29-19-25-9-4-5-13-28(25)21(29)2;2*1-2/h4-5,7,9,11-13,18,22-23,26H,3,6,8,10,14-17,19-20H2,1-2H3;2*1-2H3. The van der Waals surface area contributed by atoms with E-state index in [1.165, 1.54) is 59.2 Å². The molecule has 1 saturated heterocycles. The number of Topliss-reactive ketones (excluding diaryl/α,β-unsaturated/α-hetero) is 1. The molecule has 0 radical (unpaired) electrons. The molecule has 1 saturated carbocycles. The highest BCUT2D eigenvalue weighted by Crippen LogP contribution is 2.39. The van der Waals surface area contributed by atoms with Crippen LogP contribution in [0.5, 0.6) is 0 Å². The first-order valence-corrected chi connectivity index (χ1v) is 14.8. The van der Waals surface area contributed by atoms with Gasteiger partial charge in [-0.05, 0) is 84.9 Å². The predicted molar refractivity (Wildman–Crippen MR) is 157 cm³/mol. The Kier molecular flexibility index (Phi) is 10.8. The molecule has 0 N–H and O–H groups in total. The summed E-state index contributed by atoms with van der Waals surface area (Å²) in [4.78, 5) is 15.8. The Bertz CT molecular complexity index is 1020. The van der Waals surface area contributed by atoms with E-state index in [1.54, 1.807) is 0 Å². The topological polar surface area (TPSA) is 20.3 Å². The van der Waals surface area contributed by atoms with Crippen LogP contribution in [-0.2, 0) is 11.2 Å². The Morgan fingerprint density at radius 3 is 2.42 bits per heavy atom. The maximum atomic E-state index is 13.3. The van der Waals surface area contributed by atoms with Crippen molar-refractivity contribution in [1.82, 2.24) is 0 Å². The van der Waals surface area contributed by atoms with Crippen LogP contribution in [0.25, 0.3) is 11.1 Å². The van der Waals surface area contributed by atoms with E-state index in [0.717, 1.165) is 44.7 Å². The molecule has 0 amide bonds. The molecule has 1 heterocycles. The average Bonchev–Trinajstić information content (AvgIpc) is 3.48. The number of carbonyl (C=O) groups is 1. The molecular weight excluding hydrogens is 438 g/mol. The molecule has 3 unspecified atom stereocenters. The van der Waals surface area contributed by atoms with Gasteiger partial charge >= 0.3 is 0 Å². The number of fused-ring (bicyclic) bond motifs is 1. The van der Waals surface area contributed by atoms with Crippen LogP contribution in [0.15, 0.2) is 48.5 Å². The fourth-order valence-corrected chi connectivity index (χ4v) is 6.37. The highest BCUT2D eigenvalue weighted by atomic mass is 16.1. The van der Waals surface area contributed by atoms with Gasteiger partial charge in [0, 0.05) is 30.6 Å². The summed E-state index contributed by atoms with van der Waals surface area (Å²) in [5.41, 5.74) is 8.30. The number of ketones is 1. The molecule has 2 aliphatic carbocycles. The van der Waals surface area contributed by atoms with Gasteiger partial charge < -0.3 is 4.90 Å². The summed E-state index contributed by atoms with van der Waals surface area (Å²) in [5.74, 6) is 1.94. The molecule has 196 valence electrons. The van der Waals surface area contributed by atoms with Gasteiger partial charge in [0.1, 0.15) is 5.78 Å². The van der Waals surface area contributed by atoms with Gasteiger partial charge in [-0.25, -0.2) is 0 Å². The van der Waals surface area contributed by atoms with Crippen molar-refractivity contribution in [2.24, 2.45) is 17.8 Å². The molecule has 3 aliphatic rings. The molecule has 1 aliphatic heterocycles. The van der Waals surface area contributed by atoms with E-state index in [4.69, 9.17) is 0 Å². The van der Waals surface area contributed by atoms with Crippen LogP contribution in [0.2, 0.25) is 0 Å². The van der Waals surface area contributed by atoms with Gasteiger partial charge in [-0.1, -0.05) is 90.3 Å². The van der Waals surface area contributed by atoms with E-state index >= 15 is 0 Å². The average molecular weight is 488 g/mol. The van der Waals surface area contributed by atoms with Crippen molar-refractivity contribution in [1.29, 1.82) is 0 Å². The molecular formula is C34H49NO. The van der Waals surface area contributed by atoms with Crippen molar-refractivity contribution < 1.29 is 4.79 Å². The Morgan fingerprint density at radius 2 is 1.67 bits per heavy atom.